The van der Waals surface area contributed by atoms with Crippen LogP contribution in [0.4, 0.5) is 4.39 Å². The topological polar surface area (TPSA) is 53.1 Å². The number of hydrogen-bond acceptors (Lipinski definition) is 4. The number of rotatable bonds is 6. The molecule has 0 unspecified atom stereocenters. The number of amides is 2. The average molecular weight is 391 g/mol. The fourth-order valence-electron chi connectivity index (χ4n) is 3.82. The third kappa shape index (κ3) is 5.44. The first kappa shape index (κ1) is 20.6. The van der Waals surface area contributed by atoms with Crippen LogP contribution in [-0.4, -0.2) is 78.9 Å². The molecule has 0 N–H and O–H groups in total. The van der Waals surface area contributed by atoms with E-state index in [1.54, 1.807) is 15.9 Å². The first-order valence-corrected chi connectivity index (χ1v) is 10.2. The standard InChI is InChI=1S/C21H30FN3O3/c1-17(26)24-11-13-25(14-12-24)21(27)19-7-6-18(16-20(19)22)28-15-5-10-23-8-3-2-4-9-23/h6-7,16H,2-5,8-15H2,1H3. The summed E-state index contributed by atoms with van der Waals surface area (Å²) in [5.74, 6) is -0.445. The largest absolute Gasteiger partial charge is 0.493 e. The smallest absolute Gasteiger partial charge is 0.256 e. The number of carbonyl (C=O) groups excluding carboxylic acids is 2. The van der Waals surface area contributed by atoms with Crippen molar-refractivity contribution in [3.8, 4) is 5.75 Å². The lowest BCUT2D eigenvalue weighted by Crippen LogP contribution is -2.50. The molecule has 2 amide bonds. The summed E-state index contributed by atoms with van der Waals surface area (Å²) in [4.78, 5) is 29.7. The Morgan fingerprint density at radius 3 is 2.32 bits per heavy atom. The summed E-state index contributed by atoms with van der Waals surface area (Å²) in [6, 6.07) is 4.44. The number of halogens is 1. The van der Waals surface area contributed by atoms with Crippen molar-refractivity contribution in [2.45, 2.75) is 32.6 Å². The van der Waals surface area contributed by atoms with Crippen molar-refractivity contribution in [3.63, 3.8) is 0 Å². The lowest BCUT2D eigenvalue weighted by molar-refractivity contribution is -0.130. The van der Waals surface area contributed by atoms with Gasteiger partial charge in [-0.3, -0.25) is 9.59 Å². The quantitative estimate of drug-likeness (QED) is 0.699. The van der Waals surface area contributed by atoms with Crippen LogP contribution in [0.3, 0.4) is 0 Å². The van der Waals surface area contributed by atoms with Gasteiger partial charge >= 0.3 is 0 Å². The van der Waals surface area contributed by atoms with E-state index in [9.17, 15) is 14.0 Å². The van der Waals surface area contributed by atoms with Gasteiger partial charge < -0.3 is 19.4 Å². The van der Waals surface area contributed by atoms with E-state index in [0.717, 1.165) is 26.1 Å². The van der Waals surface area contributed by atoms with Crippen molar-refractivity contribution < 1.29 is 18.7 Å². The number of likely N-dealkylation sites (tertiary alicyclic amines) is 1. The Hall–Kier alpha value is -2.15. The van der Waals surface area contributed by atoms with Crippen molar-refractivity contribution in [3.05, 3.63) is 29.6 Å². The van der Waals surface area contributed by atoms with Crippen LogP contribution in [0.15, 0.2) is 18.2 Å². The minimum atomic E-state index is -0.562. The van der Waals surface area contributed by atoms with Crippen molar-refractivity contribution >= 4 is 11.8 Å². The van der Waals surface area contributed by atoms with Crippen LogP contribution in [0, 0.1) is 5.82 Å². The Labute approximate surface area is 166 Å². The monoisotopic (exact) mass is 391 g/mol. The average Bonchev–Trinajstić information content (AvgIpc) is 2.72. The molecular weight excluding hydrogens is 361 g/mol. The summed E-state index contributed by atoms with van der Waals surface area (Å²) in [6.07, 6.45) is 4.77. The van der Waals surface area contributed by atoms with Crippen molar-refractivity contribution in [2.24, 2.45) is 0 Å². The summed E-state index contributed by atoms with van der Waals surface area (Å²) in [6.45, 7) is 7.20. The van der Waals surface area contributed by atoms with Gasteiger partial charge in [0, 0.05) is 45.7 Å². The van der Waals surface area contributed by atoms with Gasteiger partial charge in [0.1, 0.15) is 11.6 Å². The number of piperazine rings is 1. The van der Waals surface area contributed by atoms with Gasteiger partial charge in [-0.1, -0.05) is 6.42 Å². The second-order valence-electron chi connectivity index (χ2n) is 7.54. The molecule has 1 aromatic carbocycles. The second kappa shape index (κ2) is 9.87. The van der Waals surface area contributed by atoms with Gasteiger partial charge in [0.25, 0.3) is 5.91 Å². The highest BCUT2D eigenvalue weighted by atomic mass is 19.1. The van der Waals surface area contributed by atoms with Crippen LogP contribution in [-0.2, 0) is 4.79 Å². The van der Waals surface area contributed by atoms with Crippen LogP contribution in [0.5, 0.6) is 5.75 Å². The van der Waals surface area contributed by atoms with Gasteiger partial charge in [-0.05, 0) is 44.5 Å². The first-order valence-electron chi connectivity index (χ1n) is 10.2. The summed E-state index contributed by atoms with van der Waals surface area (Å²) >= 11 is 0. The minimum absolute atomic E-state index is 0.0000629. The number of piperidine rings is 1. The molecule has 0 radical (unpaired) electrons. The van der Waals surface area contributed by atoms with Crippen LogP contribution in [0.1, 0.15) is 43.0 Å². The van der Waals surface area contributed by atoms with Crippen molar-refractivity contribution in [1.29, 1.82) is 0 Å². The molecule has 1 aromatic rings. The highest BCUT2D eigenvalue weighted by Gasteiger charge is 2.25. The normalized spacial score (nSPS) is 18.2. The number of hydrogen-bond donors (Lipinski definition) is 0. The second-order valence-corrected chi connectivity index (χ2v) is 7.54. The Morgan fingerprint density at radius 2 is 1.68 bits per heavy atom. The Bertz CT molecular complexity index is 683. The van der Waals surface area contributed by atoms with Crippen molar-refractivity contribution in [1.82, 2.24) is 14.7 Å². The van der Waals surface area contributed by atoms with E-state index in [4.69, 9.17) is 4.74 Å². The minimum Gasteiger partial charge on any atom is -0.493 e. The molecule has 0 bridgehead atoms. The Kier molecular flexibility index (Phi) is 7.25. The van der Waals surface area contributed by atoms with E-state index in [2.05, 4.69) is 4.90 Å². The summed E-state index contributed by atoms with van der Waals surface area (Å²) in [5.41, 5.74) is 0.0527. The molecule has 0 aliphatic carbocycles. The van der Waals surface area contributed by atoms with Gasteiger partial charge in [0.05, 0.1) is 12.2 Å². The first-order chi connectivity index (χ1) is 13.5. The molecule has 2 saturated heterocycles. The molecule has 0 saturated carbocycles. The number of carbonyl (C=O) groups is 2. The summed E-state index contributed by atoms with van der Waals surface area (Å²) in [7, 11) is 0. The molecular formula is C21H30FN3O3. The fourth-order valence-corrected chi connectivity index (χ4v) is 3.82. The fraction of sp³-hybridized carbons (Fsp3) is 0.619. The zero-order valence-corrected chi connectivity index (χ0v) is 16.7. The molecule has 2 heterocycles. The zero-order valence-electron chi connectivity index (χ0n) is 16.7. The highest BCUT2D eigenvalue weighted by molar-refractivity contribution is 5.94. The lowest BCUT2D eigenvalue weighted by Gasteiger charge is -2.34. The maximum Gasteiger partial charge on any atom is 0.256 e. The van der Waals surface area contributed by atoms with Gasteiger partial charge in [0.15, 0.2) is 0 Å². The van der Waals surface area contributed by atoms with E-state index in [1.807, 2.05) is 0 Å². The van der Waals surface area contributed by atoms with E-state index < -0.39 is 5.82 Å². The molecule has 0 atom stereocenters. The summed E-state index contributed by atoms with van der Waals surface area (Å²) in [5, 5.41) is 0. The molecule has 0 spiro atoms. The SMILES string of the molecule is CC(=O)N1CCN(C(=O)c2ccc(OCCCN3CCCCC3)cc2F)CC1. The zero-order chi connectivity index (χ0) is 19.9. The molecule has 2 fully saturated rings. The van der Waals surface area contributed by atoms with E-state index in [-0.39, 0.29) is 17.4 Å². The molecule has 6 nitrogen and oxygen atoms in total. The van der Waals surface area contributed by atoms with E-state index in [0.29, 0.717) is 38.5 Å². The van der Waals surface area contributed by atoms with E-state index >= 15 is 0 Å². The number of ether oxygens (including phenoxy) is 1. The Morgan fingerprint density at radius 1 is 1.00 bits per heavy atom. The van der Waals surface area contributed by atoms with Crippen LogP contribution >= 0.6 is 0 Å². The molecule has 7 heteroatoms. The molecule has 2 aliphatic rings. The van der Waals surface area contributed by atoms with Gasteiger partial charge in [-0.2, -0.15) is 0 Å². The third-order valence-corrected chi connectivity index (χ3v) is 5.52. The predicted molar refractivity (Wildman–Crippen MR) is 105 cm³/mol. The molecule has 28 heavy (non-hydrogen) atoms. The predicted octanol–water partition coefficient (Wildman–Crippen LogP) is 2.38. The third-order valence-electron chi connectivity index (χ3n) is 5.52. The number of benzene rings is 1. The maximum absolute atomic E-state index is 14.5. The van der Waals surface area contributed by atoms with Gasteiger partial charge in [0.2, 0.25) is 5.91 Å². The lowest BCUT2D eigenvalue weighted by atomic mass is 10.1. The van der Waals surface area contributed by atoms with Crippen LogP contribution < -0.4 is 4.74 Å². The maximum atomic E-state index is 14.5. The highest BCUT2D eigenvalue weighted by Crippen LogP contribution is 2.19. The molecule has 3 rings (SSSR count). The Balaban J connectivity index is 1.46. The van der Waals surface area contributed by atoms with Crippen LogP contribution in [0.25, 0.3) is 0 Å². The van der Waals surface area contributed by atoms with E-state index in [1.165, 1.54) is 38.3 Å². The molecule has 2 aliphatic heterocycles. The van der Waals surface area contributed by atoms with Gasteiger partial charge in [-0.15, -0.1) is 0 Å². The van der Waals surface area contributed by atoms with Gasteiger partial charge in [-0.25, -0.2) is 4.39 Å². The van der Waals surface area contributed by atoms with Crippen molar-refractivity contribution in [2.75, 3.05) is 52.4 Å². The molecule has 0 aromatic heterocycles. The van der Waals surface area contributed by atoms with Crippen LogP contribution in [0.2, 0.25) is 0 Å². The number of nitrogens with zero attached hydrogens (tertiary/aromatic N) is 3. The summed E-state index contributed by atoms with van der Waals surface area (Å²) < 4.78 is 20.1. The molecule has 154 valence electrons.